The van der Waals surface area contributed by atoms with Crippen molar-refractivity contribution >= 4 is 44.2 Å². The molecule has 0 saturated carbocycles. The SMILES string of the molecule is Cc1cc(Nc2nc3cnccc3c3[nH]c4c(=O)[nH]ccc4c23)ccn1. The van der Waals surface area contributed by atoms with Crippen LogP contribution in [0.4, 0.5) is 11.5 Å². The Labute approximate surface area is 147 Å². The Hall–Kier alpha value is -3.74. The van der Waals surface area contributed by atoms with E-state index < -0.39 is 0 Å². The van der Waals surface area contributed by atoms with Crippen LogP contribution in [0.1, 0.15) is 5.69 Å². The lowest BCUT2D eigenvalue weighted by molar-refractivity contribution is 1.20. The molecule has 0 atom stereocenters. The molecule has 3 N–H and O–H groups in total. The fraction of sp³-hybridized carbons (Fsp3) is 0.0526. The van der Waals surface area contributed by atoms with Gasteiger partial charge in [0.15, 0.2) is 0 Å². The van der Waals surface area contributed by atoms with Gasteiger partial charge in [0, 0.05) is 40.7 Å². The van der Waals surface area contributed by atoms with Gasteiger partial charge in [-0.2, -0.15) is 0 Å². The molecule has 0 unspecified atom stereocenters. The zero-order valence-electron chi connectivity index (χ0n) is 13.9. The van der Waals surface area contributed by atoms with E-state index in [2.05, 4.69) is 25.3 Å². The molecule has 0 bridgehead atoms. The summed E-state index contributed by atoms with van der Waals surface area (Å²) in [5.41, 5.74) is 3.76. The lowest BCUT2D eigenvalue weighted by Gasteiger charge is -2.10. The van der Waals surface area contributed by atoms with Gasteiger partial charge in [-0.1, -0.05) is 0 Å². The van der Waals surface area contributed by atoms with E-state index in [1.165, 1.54) is 0 Å². The van der Waals surface area contributed by atoms with E-state index >= 15 is 0 Å². The van der Waals surface area contributed by atoms with Crippen LogP contribution in [-0.4, -0.2) is 24.9 Å². The van der Waals surface area contributed by atoms with Gasteiger partial charge in [0.05, 0.1) is 22.6 Å². The highest BCUT2D eigenvalue weighted by molar-refractivity contribution is 6.20. The molecule has 0 saturated heterocycles. The van der Waals surface area contributed by atoms with Crippen molar-refractivity contribution in [2.24, 2.45) is 0 Å². The van der Waals surface area contributed by atoms with Crippen molar-refractivity contribution in [3.05, 3.63) is 65.1 Å². The van der Waals surface area contributed by atoms with Crippen molar-refractivity contribution in [2.45, 2.75) is 6.92 Å². The summed E-state index contributed by atoms with van der Waals surface area (Å²) in [4.78, 5) is 31.4. The highest BCUT2D eigenvalue weighted by Crippen LogP contribution is 2.34. The summed E-state index contributed by atoms with van der Waals surface area (Å²) in [6.07, 6.45) is 6.83. The number of aromatic nitrogens is 5. The van der Waals surface area contributed by atoms with Crippen molar-refractivity contribution in [3.63, 3.8) is 0 Å². The van der Waals surface area contributed by atoms with Crippen LogP contribution in [0.5, 0.6) is 0 Å². The minimum absolute atomic E-state index is 0.161. The molecule has 126 valence electrons. The minimum atomic E-state index is -0.161. The summed E-state index contributed by atoms with van der Waals surface area (Å²) < 4.78 is 0. The van der Waals surface area contributed by atoms with E-state index in [1.807, 2.05) is 31.2 Å². The Morgan fingerprint density at radius 2 is 2.00 bits per heavy atom. The number of fused-ring (bicyclic) bond motifs is 5. The molecule has 0 fully saturated rings. The van der Waals surface area contributed by atoms with Gasteiger partial charge in [0.1, 0.15) is 11.3 Å². The van der Waals surface area contributed by atoms with Crippen LogP contribution in [0.25, 0.3) is 32.7 Å². The summed E-state index contributed by atoms with van der Waals surface area (Å²) in [5.74, 6) is 0.669. The number of hydrogen-bond acceptors (Lipinski definition) is 5. The number of aryl methyl sites for hydroxylation is 1. The Kier molecular flexibility index (Phi) is 3.02. The number of anilines is 2. The largest absolute Gasteiger partial charge is 0.349 e. The number of nitrogens with one attached hydrogen (secondary N) is 3. The van der Waals surface area contributed by atoms with Gasteiger partial charge >= 0.3 is 0 Å². The first kappa shape index (κ1) is 14.6. The topological polar surface area (TPSA) is 99.4 Å². The molecule has 7 heteroatoms. The van der Waals surface area contributed by atoms with E-state index in [4.69, 9.17) is 4.98 Å². The third kappa shape index (κ3) is 2.14. The molecule has 26 heavy (non-hydrogen) atoms. The number of rotatable bonds is 2. The average Bonchev–Trinajstić information content (AvgIpc) is 3.04. The monoisotopic (exact) mass is 342 g/mol. The lowest BCUT2D eigenvalue weighted by Crippen LogP contribution is -2.03. The number of pyridine rings is 4. The van der Waals surface area contributed by atoms with Gasteiger partial charge < -0.3 is 15.3 Å². The van der Waals surface area contributed by atoms with Crippen LogP contribution < -0.4 is 10.9 Å². The average molecular weight is 342 g/mol. The van der Waals surface area contributed by atoms with E-state index in [0.29, 0.717) is 11.3 Å². The normalized spacial score (nSPS) is 11.4. The second kappa shape index (κ2) is 5.38. The molecular formula is C19H14N6O. The second-order valence-corrected chi connectivity index (χ2v) is 6.13. The summed E-state index contributed by atoms with van der Waals surface area (Å²) >= 11 is 0. The van der Waals surface area contributed by atoms with Gasteiger partial charge in [0.2, 0.25) is 0 Å². The van der Waals surface area contributed by atoms with Crippen LogP contribution in [0.2, 0.25) is 0 Å². The zero-order chi connectivity index (χ0) is 17.7. The quantitative estimate of drug-likeness (QED) is 0.456. The predicted octanol–water partition coefficient (Wildman–Crippen LogP) is 3.40. The van der Waals surface area contributed by atoms with E-state index in [1.54, 1.807) is 24.8 Å². The Balaban J connectivity index is 1.89. The van der Waals surface area contributed by atoms with Crippen LogP contribution in [-0.2, 0) is 0 Å². The van der Waals surface area contributed by atoms with E-state index in [0.717, 1.165) is 38.6 Å². The molecule has 0 aliphatic heterocycles. The van der Waals surface area contributed by atoms with Gasteiger partial charge in [0.25, 0.3) is 5.56 Å². The molecule has 0 spiro atoms. The first-order valence-electron chi connectivity index (χ1n) is 8.17. The molecule has 5 rings (SSSR count). The first-order chi connectivity index (χ1) is 12.7. The van der Waals surface area contributed by atoms with Gasteiger partial charge in [-0.3, -0.25) is 14.8 Å². The molecule has 5 aromatic heterocycles. The molecule has 7 nitrogen and oxygen atoms in total. The highest BCUT2D eigenvalue weighted by atomic mass is 16.1. The maximum absolute atomic E-state index is 12.3. The van der Waals surface area contributed by atoms with Crippen LogP contribution in [0, 0.1) is 6.92 Å². The zero-order valence-corrected chi connectivity index (χ0v) is 13.9. The fourth-order valence-corrected chi connectivity index (χ4v) is 3.29. The van der Waals surface area contributed by atoms with Crippen LogP contribution >= 0.6 is 0 Å². The Morgan fingerprint density at radius 3 is 2.88 bits per heavy atom. The molecular weight excluding hydrogens is 328 g/mol. The summed E-state index contributed by atoms with van der Waals surface area (Å²) in [5, 5.41) is 5.98. The first-order valence-corrected chi connectivity index (χ1v) is 8.17. The molecule has 0 aliphatic rings. The highest BCUT2D eigenvalue weighted by Gasteiger charge is 2.16. The molecule has 5 heterocycles. The van der Waals surface area contributed by atoms with E-state index in [9.17, 15) is 4.79 Å². The van der Waals surface area contributed by atoms with Crippen LogP contribution in [0.15, 0.2) is 53.8 Å². The summed E-state index contributed by atoms with van der Waals surface area (Å²) in [7, 11) is 0. The van der Waals surface area contributed by atoms with Crippen molar-refractivity contribution < 1.29 is 0 Å². The van der Waals surface area contributed by atoms with Crippen LogP contribution in [0.3, 0.4) is 0 Å². The number of H-pyrrole nitrogens is 2. The second-order valence-electron chi connectivity index (χ2n) is 6.13. The van der Waals surface area contributed by atoms with E-state index in [-0.39, 0.29) is 5.56 Å². The lowest BCUT2D eigenvalue weighted by atomic mass is 10.1. The number of nitrogens with zero attached hydrogens (tertiary/aromatic N) is 3. The van der Waals surface area contributed by atoms with Crippen molar-refractivity contribution in [3.8, 4) is 0 Å². The Bertz CT molecular complexity index is 1350. The summed E-state index contributed by atoms with van der Waals surface area (Å²) in [6.45, 7) is 1.93. The minimum Gasteiger partial charge on any atom is -0.349 e. The molecule has 0 radical (unpaired) electrons. The van der Waals surface area contributed by atoms with Gasteiger partial charge in [-0.25, -0.2) is 4.98 Å². The molecule has 0 aromatic carbocycles. The van der Waals surface area contributed by atoms with Gasteiger partial charge in [-0.05, 0) is 31.2 Å². The standard InChI is InChI=1S/C19H14N6O/c1-10-8-11(2-6-21-10)23-18-15-13-4-7-22-19(26)17(13)25-16(15)12-3-5-20-9-14(12)24-18/h2-9,25H,1H3,(H,22,26)(H,21,23,24). The number of aromatic amines is 2. The fourth-order valence-electron chi connectivity index (χ4n) is 3.29. The smallest absolute Gasteiger partial charge is 0.272 e. The molecule has 0 aliphatic carbocycles. The van der Waals surface area contributed by atoms with Crippen molar-refractivity contribution in [1.29, 1.82) is 0 Å². The predicted molar refractivity (Wildman–Crippen MR) is 102 cm³/mol. The third-order valence-corrected chi connectivity index (χ3v) is 4.43. The van der Waals surface area contributed by atoms with Crippen molar-refractivity contribution in [1.82, 2.24) is 24.9 Å². The Morgan fingerprint density at radius 1 is 1.08 bits per heavy atom. The number of hydrogen-bond donors (Lipinski definition) is 3. The van der Waals surface area contributed by atoms with Gasteiger partial charge in [-0.15, -0.1) is 0 Å². The molecule has 0 amide bonds. The maximum atomic E-state index is 12.3. The third-order valence-electron chi connectivity index (χ3n) is 4.43. The summed E-state index contributed by atoms with van der Waals surface area (Å²) in [6, 6.07) is 7.61. The van der Waals surface area contributed by atoms with Crippen molar-refractivity contribution in [2.75, 3.05) is 5.32 Å². The molecule has 5 aromatic rings. The maximum Gasteiger partial charge on any atom is 0.272 e.